The molecule has 0 aromatic carbocycles. The number of nitrogens with zero attached hydrogens (tertiary/aromatic N) is 2. The zero-order chi connectivity index (χ0) is 14.6. The topological polar surface area (TPSA) is 48.9 Å². The van der Waals surface area contributed by atoms with Crippen LogP contribution in [-0.2, 0) is 4.74 Å². The summed E-state index contributed by atoms with van der Waals surface area (Å²) in [4.78, 5) is 6.73. The van der Waals surface area contributed by atoms with Gasteiger partial charge in [0.25, 0.3) is 0 Å². The van der Waals surface area contributed by atoms with Crippen LogP contribution >= 0.6 is 0 Å². The van der Waals surface area contributed by atoms with Crippen LogP contribution in [0.15, 0.2) is 4.99 Å². The second-order valence-corrected chi connectivity index (χ2v) is 5.77. The molecule has 1 rings (SSSR count). The Hall–Kier alpha value is -0.810. The van der Waals surface area contributed by atoms with Gasteiger partial charge in [-0.1, -0.05) is 13.8 Å². The van der Waals surface area contributed by atoms with Gasteiger partial charge in [-0.3, -0.25) is 9.89 Å². The highest BCUT2D eigenvalue weighted by Gasteiger charge is 2.08. The lowest BCUT2D eigenvalue weighted by Gasteiger charge is -2.26. The van der Waals surface area contributed by atoms with E-state index in [0.717, 1.165) is 51.3 Å². The van der Waals surface area contributed by atoms with E-state index < -0.39 is 0 Å². The summed E-state index contributed by atoms with van der Waals surface area (Å²) < 4.78 is 5.35. The van der Waals surface area contributed by atoms with Gasteiger partial charge in [0.2, 0.25) is 0 Å². The lowest BCUT2D eigenvalue weighted by Crippen LogP contribution is -2.39. The van der Waals surface area contributed by atoms with Crippen LogP contribution in [0.5, 0.6) is 0 Å². The number of rotatable bonds is 8. The Labute approximate surface area is 124 Å². The molecule has 1 heterocycles. The molecule has 5 heteroatoms. The summed E-state index contributed by atoms with van der Waals surface area (Å²) in [7, 11) is 1.83. The third-order valence-corrected chi connectivity index (χ3v) is 3.54. The van der Waals surface area contributed by atoms with Gasteiger partial charge in [-0.2, -0.15) is 0 Å². The lowest BCUT2D eigenvalue weighted by atomic mass is 10.1. The van der Waals surface area contributed by atoms with Crippen molar-refractivity contribution in [2.75, 3.05) is 53.0 Å². The second kappa shape index (κ2) is 10.9. The molecule has 0 unspecified atom stereocenters. The Morgan fingerprint density at radius 1 is 1.15 bits per heavy atom. The molecule has 0 amide bonds. The van der Waals surface area contributed by atoms with Gasteiger partial charge in [-0.15, -0.1) is 0 Å². The van der Waals surface area contributed by atoms with E-state index in [1.54, 1.807) is 0 Å². The molecule has 0 aromatic rings. The van der Waals surface area contributed by atoms with E-state index in [1.807, 2.05) is 7.05 Å². The summed E-state index contributed by atoms with van der Waals surface area (Å²) in [6.07, 6.45) is 3.59. The number of unbranched alkanes of at least 4 members (excludes halogenated alkanes) is 1. The predicted octanol–water partition coefficient (Wildman–Crippen LogP) is 1.31. The van der Waals surface area contributed by atoms with Crippen molar-refractivity contribution in [1.29, 1.82) is 0 Å². The number of nitrogens with one attached hydrogen (secondary N) is 2. The molecular formula is C15H32N4O. The molecule has 2 N–H and O–H groups in total. The highest BCUT2D eigenvalue weighted by atomic mass is 16.5. The smallest absolute Gasteiger partial charge is 0.190 e. The molecule has 5 nitrogen and oxygen atoms in total. The molecular weight excluding hydrogens is 252 g/mol. The van der Waals surface area contributed by atoms with E-state index in [1.165, 1.54) is 25.8 Å². The Bertz CT molecular complexity index is 263. The molecule has 0 spiro atoms. The first-order valence-corrected chi connectivity index (χ1v) is 7.97. The third kappa shape index (κ3) is 8.38. The molecule has 20 heavy (non-hydrogen) atoms. The minimum absolute atomic E-state index is 0.731. The standard InChI is InChI=1S/C15H32N4O/c1-14(2)6-8-18-15(16-3)17-7-4-5-9-19-10-12-20-13-11-19/h14H,4-13H2,1-3H3,(H2,16,17,18). The van der Waals surface area contributed by atoms with Gasteiger partial charge in [0.05, 0.1) is 13.2 Å². The minimum atomic E-state index is 0.731. The van der Waals surface area contributed by atoms with E-state index in [4.69, 9.17) is 4.74 Å². The van der Waals surface area contributed by atoms with E-state index in [9.17, 15) is 0 Å². The summed E-state index contributed by atoms with van der Waals surface area (Å²) in [6, 6.07) is 0. The highest BCUT2D eigenvalue weighted by Crippen LogP contribution is 1.99. The number of hydrogen-bond acceptors (Lipinski definition) is 3. The fourth-order valence-electron chi connectivity index (χ4n) is 2.19. The van der Waals surface area contributed by atoms with Crippen LogP contribution in [0, 0.1) is 5.92 Å². The Morgan fingerprint density at radius 3 is 2.50 bits per heavy atom. The number of guanidine groups is 1. The van der Waals surface area contributed by atoms with Gasteiger partial charge in [0.1, 0.15) is 0 Å². The molecule has 0 radical (unpaired) electrons. The van der Waals surface area contributed by atoms with Crippen molar-refractivity contribution in [1.82, 2.24) is 15.5 Å². The van der Waals surface area contributed by atoms with E-state index >= 15 is 0 Å². The molecule has 0 aliphatic carbocycles. The fraction of sp³-hybridized carbons (Fsp3) is 0.933. The summed E-state index contributed by atoms with van der Waals surface area (Å²) in [5.74, 6) is 1.66. The van der Waals surface area contributed by atoms with Gasteiger partial charge in [0.15, 0.2) is 5.96 Å². The largest absolute Gasteiger partial charge is 0.379 e. The summed E-state index contributed by atoms with van der Waals surface area (Å²) in [5, 5.41) is 6.73. The van der Waals surface area contributed by atoms with Gasteiger partial charge in [-0.25, -0.2) is 0 Å². The monoisotopic (exact) mass is 284 g/mol. The molecule has 0 aromatic heterocycles. The molecule has 0 bridgehead atoms. The van der Waals surface area contributed by atoms with Gasteiger partial charge >= 0.3 is 0 Å². The summed E-state index contributed by atoms with van der Waals surface area (Å²) in [5.41, 5.74) is 0. The van der Waals surface area contributed by atoms with Crippen LogP contribution in [0.3, 0.4) is 0 Å². The van der Waals surface area contributed by atoms with Crippen LogP contribution in [0.1, 0.15) is 33.1 Å². The van der Waals surface area contributed by atoms with Crippen LogP contribution in [-0.4, -0.2) is 63.8 Å². The second-order valence-electron chi connectivity index (χ2n) is 5.77. The molecule has 1 aliphatic rings. The average molecular weight is 284 g/mol. The van der Waals surface area contributed by atoms with Crippen LogP contribution in [0.2, 0.25) is 0 Å². The first-order valence-electron chi connectivity index (χ1n) is 7.97. The summed E-state index contributed by atoms with van der Waals surface area (Å²) >= 11 is 0. The Balaban J connectivity index is 1.98. The lowest BCUT2D eigenvalue weighted by molar-refractivity contribution is 0.0372. The third-order valence-electron chi connectivity index (χ3n) is 3.54. The van der Waals surface area contributed by atoms with E-state index in [-0.39, 0.29) is 0 Å². The van der Waals surface area contributed by atoms with Crippen molar-refractivity contribution >= 4 is 5.96 Å². The zero-order valence-corrected chi connectivity index (χ0v) is 13.5. The number of hydrogen-bond donors (Lipinski definition) is 2. The first-order chi connectivity index (χ1) is 9.72. The summed E-state index contributed by atoms with van der Waals surface area (Å²) in [6.45, 7) is 11.6. The van der Waals surface area contributed by atoms with Gasteiger partial charge < -0.3 is 15.4 Å². The quantitative estimate of drug-likeness (QED) is 0.401. The molecule has 1 saturated heterocycles. The zero-order valence-electron chi connectivity index (χ0n) is 13.5. The van der Waals surface area contributed by atoms with Crippen molar-refractivity contribution in [2.45, 2.75) is 33.1 Å². The van der Waals surface area contributed by atoms with Crippen molar-refractivity contribution in [3.8, 4) is 0 Å². The van der Waals surface area contributed by atoms with Crippen molar-refractivity contribution in [3.05, 3.63) is 0 Å². The number of aliphatic imine (C=N–C) groups is 1. The van der Waals surface area contributed by atoms with E-state index in [2.05, 4.69) is 34.4 Å². The normalized spacial score (nSPS) is 17.5. The van der Waals surface area contributed by atoms with Crippen molar-refractivity contribution in [3.63, 3.8) is 0 Å². The Kier molecular flexibility index (Phi) is 9.41. The van der Waals surface area contributed by atoms with Gasteiger partial charge in [-0.05, 0) is 31.7 Å². The van der Waals surface area contributed by atoms with Gasteiger partial charge in [0, 0.05) is 33.2 Å². The maximum absolute atomic E-state index is 5.35. The number of morpholine rings is 1. The maximum atomic E-state index is 5.35. The molecule has 1 fully saturated rings. The molecule has 118 valence electrons. The highest BCUT2D eigenvalue weighted by molar-refractivity contribution is 5.79. The maximum Gasteiger partial charge on any atom is 0.190 e. The SMILES string of the molecule is CN=C(NCCCCN1CCOCC1)NCCC(C)C. The molecule has 0 saturated carbocycles. The minimum Gasteiger partial charge on any atom is -0.379 e. The first kappa shape index (κ1) is 17.2. The van der Waals surface area contributed by atoms with Crippen LogP contribution in [0.4, 0.5) is 0 Å². The van der Waals surface area contributed by atoms with Crippen LogP contribution in [0.25, 0.3) is 0 Å². The average Bonchev–Trinajstić information content (AvgIpc) is 2.46. The fourth-order valence-corrected chi connectivity index (χ4v) is 2.19. The van der Waals surface area contributed by atoms with E-state index in [0.29, 0.717) is 0 Å². The van der Waals surface area contributed by atoms with Crippen LogP contribution < -0.4 is 10.6 Å². The van der Waals surface area contributed by atoms with Crippen molar-refractivity contribution < 1.29 is 4.74 Å². The van der Waals surface area contributed by atoms with Crippen molar-refractivity contribution in [2.24, 2.45) is 10.9 Å². The number of ether oxygens (including phenoxy) is 1. The predicted molar refractivity (Wildman–Crippen MR) is 85.3 cm³/mol. The Morgan fingerprint density at radius 2 is 1.85 bits per heavy atom. The molecule has 0 atom stereocenters. The molecule has 1 aliphatic heterocycles.